The van der Waals surface area contributed by atoms with Gasteiger partial charge in [-0.3, -0.25) is 19.3 Å². The van der Waals surface area contributed by atoms with Crippen LogP contribution in [0.25, 0.3) is 0 Å². The smallest absolute Gasteiger partial charge is 0.338 e. The van der Waals surface area contributed by atoms with Crippen molar-refractivity contribution in [1.82, 2.24) is 9.80 Å². The minimum atomic E-state index is -0.947. The molecule has 0 spiro atoms. The zero-order valence-corrected chi connectivity index (χ0v) is 16.1. The molecule has 1 saturated heterocycles. The van der Waals surface area contributed by atoms with Crippen molar-refractivity contribution in [2.45, 2.75) is 32.8 Å². The number of fused-ring (bicyclic) bond motifs is 1. The van der Waals surface area contributed by atoms with Gasteiger partial charge < -0.3 is 14.4 Å². The largest absolute Gasteiger partial charge is 0.449 e. The lowest BCUT2D eigenvalue weighted by Crippen LogP contribution is -2.46. The number of hydrogen-bond acceptors (Lipinski definition) is 6. The number of unbranched alkanes of at least 4 members (excludes halogenated alkanes) is 1. The summed E-state index contributed by atoms with van der Waals surface area (Å²) in [5.41, 5.74) is 0.622. The van der Waals surface area contributed by atoms with Gasteiger partial charge in [0.1, 0.15) is 0 Å². The van der Waals surface area contributed by atoms with E-state index >= 15 is 0 Å². The number of rotatable bonds is 6. The number of hydrogen-bond donors (Lipinski definition) is 0. The number of benzene rings is 1. The van der Waals surface area contributed by atoms with E-state index in [9.17, 15) is 19.2 Å². The van der Waals surface area contributed by atoms with E-state index < -0.39 is 18.0 Å². The number of nitrogens with zero attached hydrogens (tertiary/aromatic N) is 2. The highest BCUT2D eigenvalue weighted by Gasteiger charge is 2.36. The molecule has 3 amide bonds. The van der Waals surface area contributed by atoms with Crippen molar-refractivity contribution < 1.29 is 28.7 Å². The van der Waals surface area contributed by atoms with Crippen molar-refractivity contribution in [3.8, 4) is 0 Å². The molecule has 0 N–H and O–H groups in total. The summed E-state index contributed by atoms with van der Waals surface area (Å²) in [6.45, 7) is 5.70. The van der Waals surface area contributed by atoms with Gasteiger partial charge in [0.15, 0.2) is 6.10 Å². The minimum Gasteiger partial charge on any atom is -0.449 e. The van der Waals surface area contributed by atoms with Gasteiger partial charge in [0.05, 0.1) is 29.9 Å². The Labute approximate surface area is 163 Å². The van der Waals surface area contributed by atoms with Crippen LogP contribution in [0.3, 0.4) is 0 Å². The summed E-state index contributed by atoms with van der Waals surface area (Å²) in [6, 6.07) is 4.28. The molecule has 0 aliphatic carbocycles. The number of morpholine rings is 1. The summed E-state index contributed by atoms with van der Waals surface area (Å²) in [6.07, 6.45) is 0.638. The molecular formula is C20H24N2O6. The van der Waals surface area contributed by atoms with Gasteiger partial charge in [0.25, 0.3) is 17.7 Å². The summed E-state index contributed by atoms with van der Waals surface area (Å²) >= 11 is 0. The quantitative estimate of drug-likeness (QED) is 0.541. The first-order valence-corrected chi connectivity index (χ1v) is 9.51. The number of carbonyl (C=O) groups is 4. The molecule has 1 fully saturated rings. The van der Waals surface area contributed by atoms with E-state index in [-0.39, 0.29) is 28.5 Å². The molecule has 0 aromatic heterocycles. The van der Waals surface area contributed by atoms with Gasteiger partial charge >= 0.3 is 5.97 Å². The van der Waals surface area contributed by atoms with E-state index in [4.69, 9.17) is 9.47 Å². The van der Waals surface area contributed by atoms with Crippen molar-refractivity contribution in [3.63, 3.8) is 0 Å². The fourth-order valence-electron chi connectivity index (χ4n) is 3.26. The first kappa shape index (κ1) is 20.0. The maximum atomic E-state index is 12.5. The molecule has 2 heterocycles. The van der Waals surface area contributed by atoms with Gasteiger partial charge in [0.2, 0.25) is 0 Å². The monoisotopic (exact) mass is 388 g/mol. The number of imide groups is 1. The van der Waals surface area contributed by atoms with E-state index in [2.05, 4.69) is 0 Å². The Balaban J connectivity index is 1.69. The fraction of sp³-hybridized carbons (Fsp3) is 0.500. The van der Waals surface area contributed by atoms with Crippen molar-refractivity contribution in [2.75, 3.05) is 32.8 Å². The van der Waals surface area contributed by atoms with Crippen LogP contribution in [0.1, 0.15) is 57.8 Å². The predicted molar refractivity (Wildman–Crippen MR) is 99.0 cm³/mol. The van der Waals surface area contributed by atoms with E-state index in [1.54, 1.807) is 4.90 Å². The standard InChI is InChI=1S/C20H24N2O6/c1-3-4-7-22-18(24)15-6-5-14(12-16(15)19(22)25)20(26)28-13(2)17(23)21-8-10-27-11-9-21/h5-6,12-13H,3-4,7-11H2,1-2H3. The highest BCUT2D eigenvalue weighted by Crippen LogP contribution is 2.25. The molecule has 1 aromatic carbocycles. The second kappa shape index (κ2) is 8.52. The van der Waals surface area contributed by atoms with Gasteiger partial charge in [-0.25, -0.2) is 4.79 Å². The molecule has 1 aromatic rings. The maximum absolute atomic E-state index is 12.5. The van der Waals surface area contributed by atoms with Crippen LogP contribution in [0.2, 0.25) is 0 Å². The van der Waals surface area contributed by atoms with Crippen molar-refractivity contribution in [2.24, 2.45) is 0 Å². The predicted octanol–water partition coefficient (Wildman–Crippen LogP) is 1.49. The van der Waals surface area contributed by atoms with Gasteiger partial charge in [-0.1, -0.05) is 13.3 Å². The Bertz CT molecular complexity index is 800. The van der Waals surface area contributed by atoms with Gasteiger partial charge in [-0.15, -0.1) is 0 Å². The summed E-state index contributed by atoms with van der Waals surface area (Å²) in [4.78, 5) is 52.5. The van der Waals surface area contributed by atoms with Gasteiger partial charge in [0, 0.05) is 19.6 Å². The lowest BCUT2D eigenvalue weighted by Gasteiger charge is -2.28. The first-order valence-electron chi connectivity index (χ1n) is 9.51. The van der Waals surface area contributed by atoms with Crippen molar-refractivity contribution in [3.05, 3.63) is 34.9 Å². The van der Waals surface area contributed by atoms with E-state index in [1.165, 1.54) is 30.0 Å². The lowest BCUT2D eigenvalue weighted by molar-refractivity contribution is -0.143. The van der Waals surface area contributed by atoms with E-state index in [1.807, 2.05) is 6.92 Å². The minimum absolute atomic E-state index is 0.138. The SMILES string of the molecule is CCCCN1C(=O)c2ccc(C(=O)OC(C)C(=O)N3CCOCC3)cc2C1=O. The number of amides is 3. The maximum Gasteiger partial charge on any atom is 0.338 e. The van der Waals surface area contributed by atoms with Crippen molar-refractivity contribution >= 4 is 23.7 Å². The van der Waals surface area contributed by atoms with Crippen molar-refractivity contribution in [1.29, 1.82) is 0 Å². The average Bonchev–Trinajstić information content (AvgIpc) is 2.96. The van der Waals surface area contributed by atoms with Crippen LogP contribution in [0.5, 0.6) is 0 Å². The summed E-state index contributed by atoms with van der Waals surface area (Å²) < 4.78 is 10.5. The van der Waals surface area contributed by atoms with Gasteiger partial charge in [-0.2, -0.15) is 0 Å². The Morgan fingerprint density at radius 1 is 1.14 bits per heavy atom. The molecule has 3 rings (SSSR count). The van der Waals surface area contributed by atoms with Crippen LogP contribution in [0.4, 0.5) is 0 Å². The van der Waals surface area contributed by atoms with Crippen LogP contribution in [-0.2, 0) is 14.3 Å². The molecule has 1 atom stereocenters. The van der Waals surface area contributed by atoms with Gasteiger partial charge in [-0.05, 0) is 31.5 Å². The third kappa shape index (κ3) is 3.91. The van der Waals surface area contributed by atoms with E-state index in [0.717, 1.165) is 12.8 Å². The highest BCUT2D eigenvalue weighted by molar-refractivity contribution is 6.22. The summed E-state index contributed by atoms with van der Waals surface area (Å²) in [5, 5.41) is 0. The average molecular weight is 388 g/mol. The Kier molecular flexibility index (Phi) is 6.08. The fourth-order valence-corrected chi connectivity index (χ4v) is 3.26. The van der Waals surface area contributed by atoms with Crippen LogP contribution in [-0.4, -0.2) is 72.4 Å². The third-order valence-electron chi connectivity index (χ3n) is 4.90. The number of ether oxygens (including phenoxy) is 2. The van der Waals surface area contributed by atoms with Crippen LogP contribution >= 0.6 is 0 Å². The highest BCUT2D eigenvalue weighted by atomic mass is 16.5. The molecule has 0 radical (unpaired) electrons. The number of carbonyl (C=O) groups excluding carboxylic acids is 4. The Hall–Kier alpha value is -2.74. The molecule has 0 saturated carbocycles. The molecule has 2 aliphatic rings. The second-order valence-electron chi connectivity index (χ2n) is 6.86. The molecule has 2 aliphatic heterocycles. The lowest BCUT2D eigenvalue weighted by atomic mass is 10.1. The molecular weight excluding hydrogens is 364 g/mol. The molecule has 8 nitrogen and oxygen atoms in total. The Morgan fingerprint density at radius 3 is 2.50 bits per heavy atom. The molecule has 1 unspecified atom stereocenters. The summed E-state index contributed by atoms with van der Waals surface area (Å²) in [5.74, 6) is -1.73. The van der Waals surface area contributed by atoms with E-state index in [0.29, 0.717) is 32.8 Å². The van der Waals surface area contributed by atoms with Crippen LogP contribution < -0.4 is 0 Å². The zero-order valence-electron chi connectivity index (χ0n) is 16.1. The summed E-state index contributed by atoms with van der Waals surface area (Å²) in [7, 11) is 0. The topological polar surface area (TPSA) is 93.2 Å². The molecule has 150 valence electrons. The molecule has 8 heteroatoms. The zero-order chi connectivity index (χ0) is 20.3. The Morgan fingerprint density at radius 2 is 1.82 bits per heavy atom. The second-order valence-corrected chi connectivity index (χ2v) is 6.86. The normalized spacial score (nSPS) is 17.5. The third-order valence-corrected chi connectivity index (χ3v) is 4.90. The molecule has 0 bridgehead atoms. The van der Waals surface area contributed by atoms with Crippen LogP contribution in [0.15, 0.2) is 18.2 Å². The number of esters is 1. The molecule has 28 heavy (non-hydrogen) atoms. The van der Waals surface area contributed by atoms with Crippen LogP contribution in [0, 0.1) is 0 Å². The first-order chi connectivity index (χ1) is 13.4.